The molecule has 138 valence electrons. The van der Waals surface area contributed by atoms with E-state index in [1.807, 2.05) is 29.3 Å². The standard InChI is InChI=1S/C19H22BrN3O3/c1-25-15-11-16(18(26-2)17(20)12-15)19(24)23-9-7-22(8-10-23)13-14-5-3-4-6-21-14/h3-6,11-12H,7-10,13H2,1-2H3. The Morgan fingerprint density at radius 1 is 1.15 bits per heavy atom. The summed E-state index contributed by atoms with van der Waals surface area (Å²) in [6.07, 6.45) is 1.81. The number of carbonyl (C=O) groups excluding carboxylic acids is 1. The van der Waals surface area contributed by atoms with E-state index >= 15 is 0 Å². The van der Waals surface area contributed by atoms with Crippen LogP contribution >= 0.6 is 15.9 Å². The molecule has 0 aliphatic carbocycles. The fourth-order valence-corrected chi connectivity index (χ4v) is 3.65. The summed E-state index contributed by atoms with van der Waals surface area (Å²) in [6.45, 7) is 3.77. The molecular formula is C19H22BrN3O3. The molecule has 26 heavy (non-hydrogen) atoms. The lowest BCUT2D eigenvalue weighted by Crippen LogP contribution is -2.48. The van der Waals surface area contributed by atoms with E-state index < -0.39 is 0 Å². The molecule has 1 fully saturated rings. The molecule has 7 heteroatoms. The first-order chi connectivity index (χ1) is 12.6. The SMILES string of the molecule is COc1cc(Br)c(OC)c(C(=O)N2CCN(Cc3ccccn3)CC2)c1. The monoisotopic (exact) mass is 419 g/mol. The molecule has 0 unspecified atom stereocenters. The minimum atomic E-state index is -0.0427. The fraction of sp³-hybridized carbons (Fsp3) is 0.368. The molecule has 1 aliphatic rings. The van der Waals surface area contributed by atoms with Gasteiger partial charge in [-0.15, -0.1) is 0 Å². The highest BCUT2D eigenvalue weighted by molar-refractivity contribution is 9.10. The second-order valence-electron chi connectivity index (χ2n) is 6.08. The minimum Gasteiger partial charge on any atom is -0.497 e. The third-order valence-electron chi connectivity index (χ3n) is 4.46. The number of nitrogens with zero attached hydrogens (tertiary/aromatic N) is 3. The van der Waals surface area contributed by atoms with Gasteiger partial charge in [0.2, 0.25) is 0 Å². The Morgan fingerprint density at radius 3 is 2.54 bits per heavy atom. The molecule has 1 aliphatic heterocycles. The first-order valence-corrected chi connectivity index (χ1v) is 9.24. The number of halogens is 1. The Bertz CT molecular complexity index is 762. The number of carbonyl (C=O) groups is 1. The molecule has 1 amide bonds. The molecule has 0 bridgehead atoms. The van der Waals surface area contributed by atoms with Crippen molar-refractivity contribution in [1.29, 1.82) is 0 Å². The minimum absolute atomic E-state index is 0.0427. The number of rotatable bonds is 5. The van der Waals surface area contributed by atoms with E-state index in [1.54, 1.807) is 26.4 Å². The summed E-state index contributed by atoms with van der Waals surface area (Å²) in [6, 6.07) is 9.46. The van der Waals surface area contributed by atoms with Crippen molar-refractivity contribution in [1.82, 2.24) is 14.8 Å². The summed E-state index contributed by atoms with van der Waals surface area (Å²) in [5, 5.41) is 0. The molecule has 0 N–H and O–H groups in total. The topological polar surface area (TPSA) is 54.9 Å². The molecule has 0 saturated carbocycles. The maximum atomic E-state index is 13.0. The normalized spacial score (nSPS) is 15.0. The van der Waals surface area contributed by atoms with Gasteiger partial charge in [0.1, 0.15) is 11.5 Å². The van der Waals surface area contributed by atoms with Gasteiger partial charge >= 0.3 is 0 Å². The molecule has 0 atom stereocenters. The summed E-state index contributed by atoms with van der Waals surface area (Å²) in [4.78, 5) is 21.5. The van der Waals surface area contributed by atoms with Crippen LogP contribution in [-0.2, 0) is 6.54 Å². The molecule has 1 saturated heterocycles. The predicted octanol–water partition coefficient (Wildman–Crippen LogP) is 2.82. The van der Waals surface area contributed by atoms with Crippen molar-refractivity contribution >= 4 is 21.8 Å². The van der Waals surface area contributed by atoms with Gasteiger partial charge in [-0.1, -0.05) is 6.07 Å². The lowest BCUT2D eigenvalue weighted by Gasteiger charge is -2.34. The second kappa shape index (κ2) is 8.51. The molecule has 2 heterocycles. The third-order valence-corrected chi connectivity index (χ3v) is 5.05. The van der Waals surface area contributed by atoms with Crippen LogP contribution in [0.5, 0.6) is 11.5 Å². The molecule has 6 nitrogen and oxygen atoms in total. The van der Waals surface area contributed by atoms with Crippen LogP contribution in [0.4, 0.5) is 0 Å². The number of hydrogen-bond acceptors (Lipinski definition) is 5. The van der Waals surface area contributed by atoms with E-state index in [1.165, 1.54) is 0 Å². The maximum Gasteiger partial charge on any atom is 0.257 e. The Morgan fingerprint density at radius 2 is 1.92 bits per heavy atom. The van der Waals surface area contributed by atoms with Gasteiger partial charge in [0.25, 0.3) is 5.91 Å². The number of amides is 1. The Balaban J connectivity index is 1.68. The van der Waals surface area contributed by atoms with Crippen molar-refractivity contribution in [3.8, 4) is 11.5 Å². The average molecular weight is 420 g/mol. The molecule has 1 aromatic carbocycles. The van der Waals surface area contributed by atoms with E-state index in [9.17, 15) is 4.79 Å². The first-order valence-electron chi connectivity index (χ1n) is 8.45. The summed E-state index contributed by atoms with van der Waals surface area (Å²) < 4.78 is 11.4. The highest BCUT2D eigenvalue weighted by atomic mass is 79.9. The summed E-state index contributed by atoms with van der Waals surface area (Å²) in [5.41, 5.74) is 1.56. The summed E-state index contributed by atoms with van der Waals surface area (Å²) in [5.74, 6) is 1.11. The number of piperazine rings is 1. The van der Waals surface area contributed by atoms with E-state index in [4.69, 9.17) is 9.47 Å². The van der Waals surface area contributed by atoms with Crippen molar-refractivity contribution in [2.24, 2.45) is 0 Å². The van der Waals surface area contributed by atoms with E-state index in [-0.39, 0.29) is 5.91 Å². The largest absolute Gasteiger partial charge is 0.497 e. The van der Waals surface area contributed by atoms with Crippen molar-refractivity contribution in [2.75, 3.05) is 40.4 Å². The fourth-order valence-electron chi connectivity index (χ4n) is 3.05. The Hall–Kier alpha value is -2.12. The quantitative estimate of drug-likeness (QED) is 0.745. The van der Waals surface area contributed by atoms with Crippen molar-refractivity contribution in [2.45, 2.75) is 6.54 Å². The van der Waals surface area contributed by atoms with Crippen molar-refractivity contribution in [3.63, 3.8) is 0 Å². The summed E-state index contributed by atoms with van der Waals surface area (Å²) >= 11 is 3.45. The molecule has 1 aromatic heterocycles. The molecule has 2 aromatic rings. The van der Waals surface area contributed by atoms with E-state index in [0.29, 0.717) is 34.6 Å². The van der Waals surface area contributed by atoms with Gasteiger partial charge in [-0.05, 0) is 40.2 Å². The van der Waals surface area contributed by atoms with Crippen LogP contribution in [0.25, 0.3) is 0 Å². The van der Waals surface area contributed by atoms with E-state index in [0.717, 1.165) is 25.3 Å². The number of ether oxygens (including phenoxy) is 2. The third kappa shape index (κ3) is 4.16. The van der Waals surface area contributed by atoms with Gasteiger partial charge in [0.05, 0.1) is 29.9 Å². The smallest absolute Gasteiger partial charge is 0.257 e. The number of pyridine rings is 1. The van der Waals surface area contributed by atoms with Gasteiger partial charge in [-0.3, -0.25) is 14.7 Å². The van der Waals surface area contributed by atoms with E-state index in [2.05, 4.69) is 25.8 Å². The van der Waals surface area contributed by atoms with Crippen LogP contribution in [0.1, 0.15) is 16.1 Å². The van der Waals surface area contributed by atoms with Gasteiger partial charge in [-0.2, -0.15) is 0 Å². The number of aromatic nitrogens is 1. The van der Waals surface area contributed by atoms with Gasteiger partial charge in [0, 0.05) is 38.9 Å². The Labute approximate surface area is 161 Å². The number of benzene rings is 1. The number of hydrogen-bond donors (Lipinski definition) is 0. The van der Waals surface area contributed by atoms with Crippen LogP contribution in [-0.4, -0.2) is 61.1 Å². The van der Waals surface area contributed by atoms with Gasteiger partial charge < -0.3 is 14.4 Å². The lowest BCUT2D eigenvalue weighted by atomic mass is 10.1. The molecule has 3 rings (SSSR count). The molecular weight excluding hydrogens is 398 g/mol. The van der Waals surface area contributed by atoms with Crippen LogP contribution in [0.15, 0.2) is 41.0 Å². The highest BCUT2D eigenvalue weighted by Gasteiger charge is 2.26. The molecule has 0 spiro atoms. The van der Waals surface area contributed by atoms with Crippen LogP contribution < -0.4 is 9.47 Å². The van der Waals surface area contributed by atoms with Crippen molar-refractivity contribution < 1.29 is 14.3 Å². The summed E-state index contributed by atoms with van der Waals surface area (Å²) in [7, 11) is 3.15. The van der Waals surface area contributed by atoms with Gasteiger partial charge in [0.15, 0.2) is 0 Å². The van der Waals surface area contributed by atoms with Crippen LogP contribution in [0.3, 0.4) is 0 Å². The van der Waals surface area contributed by atoms with Crippen LogP contribution in [0, 0.1) is 0 Å². The van der Waals surface area contributed by atoms with Crippen LogP contribution in [0.2, 0.25) is 0 Å². The van der Waals surface area contributed by atoms with Crippen molar-refractivity contribution in [3.05, 3.63) is 52.3 Å². The zero-order valence-electron chi connectivity index (χ0n) is 14.9. The average Bonchev–Trinajstić information content (AvgIpc) is 2.68. The maximum absolute atomic E-state index is 13.0. The first kappa shape index (κ1) is 18.7. The zero-order valence-corrected chi connectivity index (χ0v) is 16.5. The molecule has 0 radical (unpaired) electrons. The zero-order chi connectivity index (χ0) is 18.5. The van der Waals surface area contributed by atoms with Gasteiger partial charge in [-0.25, -0.2) is 0 Å². The highest BCUT2D eigenvalue weighted by Crippen LogP contribution is 2.34. The second-order valence-corrected chi connectivity index (χ2v) is 6.93. The number of methoxy groups -OCH3 is 2. The Kier molecular flexibility index (Phi) is 6.11. The predicted molar refractivity (Wildman–Crippen MR) is 103 cm³/mol. The lowest BCUT2D eigenvalue weighted by molar-refractivity contribution is 0.0623.